The minimum Gasteiger partial charge on any atom is -0.366 e. The first kappa shape index (κ1) is 17.3. The Labute approximate surface area is 160 Å². The molecule has 0 atom stereocenters. The third-order valence-corrected chi connectivity index (χ3v) is 6.53. The van der Waals surface area contributed by atoms with Crippen molar-refractivity contribution in [1.82, 2.24) is 4.90 Å². The van der Waals surface area contributed by atoms with Gasteiger partial charge in [-0.25, -0.2) is 4.39 Å². The van der Waals surface area contributed by atoms with Gasteiger partial charge in [0.25, 0.3) is 5.91 Å². The van der Waals surface area contributed by atoms with E-state index in [4.69, 9.17) is 0 Å². The fraction of sp³-hybridized carbons (Fsp3) is 0.263. The van der Waals surface area contributed by atoms with Gasteiger partial charge in [-0.3, -0.25) is 4.79 Å². The summed E-state index contributed by atoms with van der Waals surface area (Å²) in [6, 6.07) is 8.89. The second kappa shape index (κ2) is 7.25. The summed E-state index contributed by atoms with van der Waals surface area (Å²) in [4.78, 5) is 22.4. The van der Waals surface area contributed by atoms with E-state index in [1.807, 2.05) is 35.4 Å². The van der Waals surface area contributed by atoms with E-state index >= 15 is 0 Å². The van der Waals surface area contributed by atoms with Gasteiger partial charge in [-0.1, -0.05) is 12.1 Å². The highest BCUT2D eigenvalue weighted by atomic mass is 32.2. The van der Waals surface area contributed by atoms with Crippen molar-refractivity contribution in [2.45, 2.75) is 6.92 Å². The van der Waals surface area contributed by atoms with Gasteiger partial charge in [-0.05, 0) is 53.9 Å². The lowest BCUT2D eigenvalue weighted by Gasteiger charge is -2.36. The predicted octanol–water partition coefficient (Wildman–Crippen LogP) is 3.99. The zero-order valence-electron chi connectivity index (χ0n) is 14.3. The van der Waals surface area contributed by atoms with E-state index < -0.39 is 0 Å². The fourth-order valence-corrected chi connectivity index (χ4v) is 4.91. The number of para-hydroxylation sites is 1. The Balaban J connectivity index is 1.42. The number of thiophene rings is 1. The first-order valence-corrected chi connectivity index (χ1v) is 10.1. The number of carbonyl (C=O) groups is 1. The van der Waals surface area contributed by atoms with Crippen LogP contribution in [0.25, 0.3) is 6.08 Å². The molecule has 1 amide bonds. The average Bonchev–Trinajstić information content (AvgIpc) is 3.22. The molecule has 1 fully saturated rings. The molecule has 134 valence electrons. The number of carbonyl (C=O) groups excluding carboxylic acids is 1. The van der Waals surface area contributed by atoms with Gasteiger partial charge in [0.05, 0.1) is 10.6 Å². The summed E-state index contributed by atoms with van der Waals surface area (Å²) < 4.78 is 14.0. The number of hydrogen-bond donors (Lipinski definition) is 0. The highest BCUT2D eigenvalue weighted by Crippen LogP contribution is 2.32. The maximum absolute atomic E-state index is 14.0. The van der Waals surface area contributed by atoms with Gasteiger partial charge in [0.1, 0.15) is 5.82 Å². The number of halogens is 1. The number of thioether (sulfide) groups is 1. The quantitative estimate of drug-likeness (QED) is 0.730. The normalized spacial score (nSPS) is 19.4. The summed E-state index contributed by atoms with van der Waals surface area (Å²) in [5, 5.41) is 2.78. The lowest BCUT2D eigenvalue weighted by atomic mass is 10.2. The number of aryl methyl sites for hydroxylation is 1. The molecular formula is C19H18FN3OS2. The van der Waals surface area contributed by atoms with Crippen LogP contribution in [0, 0.1) is 12.7 Å². The Morgan fingerprint density at radius 3 is 2.54 bits per heavy atom. The van der Waals surface area contributed by atoms with Crippen molar-refractivity contribution in [2.24, 2.45) is 4.99 Å². The first-order chi connectivity index (χ1) is 12.6. The van der Waals surface area contributed by atoms with Crippen molar-refractivity contribution < 1.29 is 9.18 Å². The molecule has 4 rings (SSSR count). The Morgan fingerprint density at radius 1 is 1.12 bits per heavy atom. The van der Waals surface area contributed by atoms with Crippen LogP contribution in [-0.4, -0.2) is 42.2 Å². The molecule has 0 aliphatic carbocycles. The van der Waals surface area contributed by atoms with Crippen LogP contribution >= 0.6 is 23.1 Å². The molecule has 0 unspecified atom stereocenters. The molecule has 1 saturated heterocycles. The monoisotopic (exact) mass is 387 g/mol. The molecule has 0 saturated carbocycles. The van der Waals surface area contributed by atoms with Crippen molar-refractivity contribution in [3.63, 3.8) is 0 Å². The smallest absolute Gasteiger partial charge is 0.286 e. The Bertz CT molecular complexity index is 898. The van der Waals surface area contributed by atoms with Crippen LogP contribution in [0.3, 0.4) is 0 Å². The van der Waals surface area contributed by atoms with E-state index in [1.54, 1.807) is 23.5 Å². The molecule has 2 aliphatic rings. The number of benzene rings is 1. The molecule has 1 aromatic carbocycles. The lowest BCUT2D eigenvalue weighted by molar-refractivity contribution is -0.113. The van der Waals surface area contributed by atoms with Gasteiger partial charge in [0, 0.05) is 31.1 Å². The van der Waals surface area contributed by atoms with Crippen LogP contribution < -0.4 is 4.90 Å². The average molecular weight is 388 g/mol. The molecular weight excluding hydrogens is 369 g/mol. The maximum Gasteiger partial charge on any atom is 0.286 e. The van der Waals surface area contributed by atoms with Gasteiger partial charge >= 0.3 is 0 Å². The Hall–Kier alpha value is -2.12. The first-order valence-electron chi connectivity index (χ1n) is 8.43. The minimum atomic E-state index is -0.194. The SMILES string of the molecule is Cc1ccsc1/C=C1\SC(N2CCN(c3ccccc3F)CC2)=NC1=O. The zero-order valence-corrected chi connectivity index (χ0v) is 15.9. The lowest BCUT2D eigenvalue weighted by Crippen LogP contribution is -2.48. The number of nitrogens with zero attached hydrogens (tertiary/aromatic N) is 3. The van der Waals surface area contributed by atoms with Gasteiger partial charge < -0.3 is 9.80 Å². The highest BCUT2D eigenvalue weighted by Gasteiger charge is 2.29. The molecule has 1 aromatic heterocycles. The van der Waals surface area contributed by atoms with Gasteiger partial charge in [-0.15, -0.1) is 11.3 Å². The van der Waals surface area contributed by atoms with Crippen LogP contribution in [0.4, 0.5) is 10.1 Å². The molecule has 3 heterocycles. The number of hydrogen-bond acceptors (Lipinski definition) is 5. The number of anilines is 1. The number of rotatable bonds is 2. The molecule has 2 aliphatic heterocycles. The topological polar surface area (TPSA) is 35.9 Å². The van der Waals surface area contributed by atoms with Crippen LogP contribution in [0.2, 0.25) is 0 Å². The number of aliphatic imine (C=N–C) groups is 1. The zero-order chi connectivity index (χ0) is 18.1. The molecule has 0 bridgehead atoms. The maximum atomic E-state index is 14.0. The second-order valence-electron chi connectivity index (χ2n) is 6.20. The van der Waals surface area contributed by atoms with Crippen LogP contribution in [0.5, 0.6) is 0 Å². The van der Waals surface area contributed by atoms with Gasteiger partial charge in [-0.2, -0.15) is 4.99 Å². The van der Waals surface area contributed by atoms with Crippen LogP contribution in [0.1, 0.15) is 10.4 Å². The number of piperazine rings is 1. The van der Waals surface area contributed by atoms with E-state index in [9.17, 15) is 9.18 Å². The van der Waals surface area contributed by atoms with E-state index in [1.165, 1.54) is 23.4 Å². The predicted molar refractivity (Wildman–Crippen MR) is 107 cm³/mol. The molecule has 7 heteroatoms. The summed E-state index contributed by atoms with van der Waals surface area (Å²) in [6.45, 7) is 4.89. The molecule has 0 radical (unpaired) electrons. The van der Waals surface area contributed by atoms with E-state index in [0.717, 1.165) is 23.1 Å². The molecule has 0 N–H and O–H groups in total. The summed E-state index contributed by atoms with van der Waals surface area (Å²) >= 11 is 3.06. The number of amides is 1. The third-order valence-electron chi connectivity index (χ3n) is 4.52. The summed E-state index contributed by atoms with van der Waals surface area (Å²) in [5.74, 6) is -0.366. The van der Waals surface area contributed by atoms with Crippen molar-refractivity contribution in [3.05, 3.63) is 56.9 Å². The van der Waals surface area contributed by atoms with Crippen molar-refractivity contribution in [1.29, 1.82) is 0 Å². The summed E-state index contributed by atoms with van der Waals surface area (Å²) in [5.41, 5.74) is 1.81. The van der Waals surface area contributed by atoms with E-state index in [0.29, 0.717) is 23.7 Å². The largest absolute Gasteiger partial charge is 0.366 e. The van der Waals surface area contributed by atoms with E-state index in [2.05, 4.69) is 9.89 Å². The van der Waals surface area contributed by atoms with Crippen LogP contribution in [0.15, 0.2) is 45.6 Å². The number of amidine groups is 1. The minimum absolute atomic E-state index is 0.172. The fourth-order valence-electron chi connectivity index (χ4n) is 3.03. The van der Waals surface area contributed by atoms with Gasteiger partial charge in [0.15, 0.2) is 5.17 Å². The second-order valence-corrected chi connectivity index (χ2v) is 8.16. The highest BCUT2D eigenvalue weighted by molar-refractivity contribution is 8.18. The summed E-state index contributed by atoms with van der Waals surface area (Å²) in [7, 11) is 0. The Kier molecular flexibility index (Phi) is 4.82. The molecule has 4 nitrogen and oxygen atoms in total. The Morgan fingerprint density at radius 2 is 1.85 bits per heavy atom. The van der Waals surface area contributed by atoms with E-state index in [-0.39, 0.29) is 11.7 Å². The third kappa shape index (κ3) is 3.41. The van der Waals surface area contributed by atoms with Gasteiger partial charge in [0.2, 0.25) is 0 Å². The van der Waals surface area contributed by atoms with Crippen molar-refractivity contribution in [2.75, 3.05) is 31.1 Å². The summed E-state index contributed by atoms with van der Waals surface area (Å²) in [6.07, 6.45) is 1.93. The standard InChI is InChI=1S/C19H18FN3OS2/c1-13-6-11-25-16(13)12-17-18(24)21-19(26-17)23-9-7-22(8-10-23)15-5-3-2-4-14(15)20/h2-6,11-12H,7-10H2,1H3/b17-12-. The van der Waals surface area contributed by atoms with Crippen molar-refractivity contribution >= 4 is 45.9 Å². The van der Waals surface area contributed by atoms with Crippen molar-refractivity contribution in [3.8, 4) is 0 Å². The molecule has 2 aromatic rings. The molecule has 0 spiro atoms. The molecule has 26 heavy (non-hydrogen) atoms. The van der Waals surface area contributed by atoms with Crippen LogP contribution in [-0.2, 0) is 4.79 Å².